The van der Waals surface area contributed by atoms with Gasteiger partial charge in [-0.25, -0.2) is 8.42 Å². The van der Waals surface area contributed by atoms with Crippen LogP contribution in [0.4, 0.5) is 5.69 Å². The lowest BCUT2D eigenvalue weighted by atomic mass is 10.1. The minimum atomic E-state index is -3.61. The van der Waals surface area contributed by atoms with E-state index in [0.717, 1.165) is 30.2 Å². The van der Waals surface area contributed by atoms with Crippen LogP contribution in [0.15, 0.2) is 42.5 Å². The highest BCUT2D eigenvalue weighted by atomic mass is 32.2. The van der Waals surface area contributed by atoms with Crippen LogP contribution in [0.2, 0.25) is 0 Å². The smallest absolute Gasteiger partial charge is 0.242 e. The van der Waals surface area contributed by atoms with Gasteiger partial charge in [0.05, 0.1) is 11.9 Å². The third kappa shape index (κ3) is 7.86. The van der Waals surface area contributed by atoms with Crippen molar-refractivity contribution < 1.29 is 27.5 Å². The molecule has 0 aromatic heterocycles. The number of benzene rings is 2. The number of rotatable bonds is 14. The second-order valence-electron chi connectivity index (χ2n) is 9.56. The molecular formula is C28H39N3O6S. The largest absolute Gasteiger partial charge is 0.454 e. The average molecular weight is 546 g/mol. The number of aryl methyl sites for hydroxylation is 1. The van der Waals surface area contributed by atoms with Gasteiger partial charge in [-0.3, -0.25) is 13.9 Å². The Morgan fingerprint density at radius 3 is 2.50 bits per heavy atom. The standard InChI is InChI=1S/C28H39N3O6S/c1-5-7-15-29-28(33)24(6-2)30(19-22-11-8-10-21(3)17-22)27(32)12-9-16-31(38(4,34)35)23-13-14-25-26(18-23)37-20-36-25/h8,10-11,13-14,17-18,24H,5-7,9,12,15-16,19-20H2,1-4H3,(H,29,33)/t24-/m0/s1. The zero-order valence-corrected chi connectivity index (χ0v) is 23.6. The molecule has 1 N–H and O–H groups in total. The third-order valence-electron chi connectivity index (χ3n) is 6.45. The topological polar surface area (TPSA) is 105 Å². The van der Waals surface area contributed by atoms with E-state index in [4.69, 9.17) is 9.47 Å². The Balaban J connectivity index is 1.75. The van der Waals surface area contributed by atoms with Crippen molar-refractivity contribution >= 4 is 27.5 Å². The fraction of sp³-hybridized carbons (Fsp3) is 0.500. The molecule has 1 aliphatic heterocycles. The number of hydrogen-bond acceptors (Lipinski definition) is 6. The normalized spacial score (nSPS) is 13.2. The lowest BCUT2D eigenvalue weighted by molar-refractivity contribution is -0.141. The van der Waals surface area contributed by atoms with Crippen LogP contribution < -0.4 is 19.1 Å². The first kappa shape index (κ1) is 29.3. The van der Waals surface area contributed by atoms with Crippen LogP contribution in [0.5, 0.6) is 11.5 Å². The predicted octanol–water partition coefficient (Wildman–Crippen LogP) is 3.99. The number of carbonyl (C=O) groups is 2. The maximum Gasteiger partial charge on any atom is 0.242 e. The van der Waals surface area contributed by atoms with Crippen molar-refractivity contribution in [2.75, 3.05) is 30.4 Å². The van der Waals surface area contributed by atoms with Gasteiger partial charge in [0.1, 0.15) is 6.04 Å². The van der Waals surface area contributed by atoms with Crippen molar-refractivity contribution in [2.24, 2.45) is 0 Å². The van der Waals surface area contributed by atoms with Gasteiger partial charge in [-0.1, -0.05) is 50.1 Å². The number of amides is 2. The number of fused-ring (bicyclic) bond motifs is 1. The maximum absolute atomic E-state index is 13.5. The summed E-state index contributed by atoms with van der Waals surface area (Å²) in [6.07, 6.45) is 3.83. The molecule has 0 bridgehead atoms. The van der Waals surface area contributed by atoms with Gasteiger partial charge in [0.15, 0.2) is 11.5 Å². The summed E-state index contributed by atoms with van der Waals surface area (Å²) in [6, 6.07) is 12.2. The second kappa shape index (κ2) is 13.5. The number of sulfonamides is 1. The Morgan fingerprint density at radius 2 is 1.82 bits per heavy atom. The maximum atomic E-state index is 13.5. The molecule has 2 amide bonds. The fourth-order valence-corrected chi connectivity index (χ4v) is 5.43. The Hall–Kier alpha value is -3.27. The minimum Gasteiger partial charge on any atom is -0.454 e. The molecule has 0 unspecified atom stereocenters. The van der Waals surface area contributed by atoms with Gasteiger partial charge >= 0.3 is 0 Å². The van der Waals surface area contributed by atoms with E-state index < -0.39 is 16.1 Å². The average Bonchev–Trinajstić information content (AvgIpc) is 3.34. The molecule has 3 rings (SSSR count). The van der Waals surface area contributed by atoms with Crippen molar-refractivity contribution in [3.8, 4) is 11.5 Å². The van der Waals surface area contributed by atoms with E-state index in [0.29, 0.717) is 43.1 Å². The summed E-state index contributed by atoms with van der Waals surface area (Å²) < 4.78 is 37.2. The van der Waals surface area contributed by atoms with Crippen molar-refractivity contribution in [1.82, 2.24) is 10.2 Å². The molecule has 2 aromatic rings. The number of unbranched alkanes of at least 4 members (excludes halogenated alkanes) is 1. The van der Waals surface area contributed by atoms with Crippen molar-refractivity contribution in [2.45, 2.75) is 65.5 Å². The van der Waals surface area contributed by atoms with E-state index in [-0.39, 0.29) is 31.6 Å². The van der Waals surface area contributed by atoms with E-state index in [1.807, 2.05) is 38.1 Å². The third-order valence-corrected chi connectivity index (χ3v) is 7.64. The zero-order valence-electron chi connectivity index (χ0n) is 22.7. The molecule has 0 fully saturated rings. The number of anilines is 1. The molecule has 0 aliphatic carbocycles. The molecule has 0 saturated heterocycles. The van der Waals surface area contributed by atoms with Crippen molar-refractivity contribution in [3.63, 3.8) is 0 Å². The molecule has 38 heavy (non-hydrogen) atoms. The van der Waals surface area contributed by atoms with E-state index in [2.05, 4.69) is 12.2 Å². The number of hydrogen-bond donors (Lipinski definition) is 1. The van der Waals surface area contributed by atoms with Gasteiger partial charge in [-0.15, -0.1) is 0 Å². The van der Waals surface area contributed by atoms with Crippen LogP contribution in [0.3, 0.4) is 0 Å². The Kier molecular flexibility index (Phi) is 10.4. The van der Waals surface area contributed by atoms with Crippen molar-refractivity contribution in [1.29, 1.82) is 0 Å². The molecule has 2 aromatic carbocycles. The first-order valence-electron chi connectivity index (χ1n) is 13.1. The molecular weight excluding hydrogens is 506 g/mol. The lowest BCUT2D eigenvalue weighted by Gasteiger charge is -2.31. The quantitative estimate of drug-likeness (QED) is 0.360. The van der Waals surface area contributed by atoms with Crippen LogP contribution in [0.25, 0.3) is 0 Å². The summed E-state index contributed by atoms with van der Waals surface area (Å²) in [4.78, 5) is 28.2. The molecule has 0 saturated carbocycles. The Bertz CT molecular complexity index is 1220. The molecule has 208 valence electrons. The van der Waals surface area contributed by atoms with Gasteiger partial charge in [-0.05, 0) is 43.9 Å². The summed E-state index contributed by atoms with van der Waals surface area (Å²) in [7, 11) is -3.61. The highest BCUT2D eigenvalue weighted by Gasteiger charge is 2.29. The van der Waals surface area contributed by atoms with E-state index >= 15 is 0 Å². The van der Waals surface area contributed by atoms with Gasteiger partial charge in [0, 0.05) is 32.1 Å². The molecule has 9 nitrogen and oxygen atoms in total. The van der Waals surface area contributed by atoms with Crippen LogP contribution in [0.1, 0.15) is 57.1 Å². The summed E-state index contributed by atoms with van der Waals surface area (Å²) in [5.41, 5.74) is 2.46. The van der Waals surface area contributed by atoms with E-state index in [1.165, 1.54) is 4.31 Å². The van der Waals surface area contributed by atoms with Crippen LogP contribution >= 0.6 is 0 Å². The highest BCUT2D eigenvalue weighted by Crippen LogP contribution is 2.36. The van der Waals surface area contributed by atoms with Crippen LogP contribution in [-0.2, 0) is 26.2 Å². The highest BCUT2D eigenvalue weighted by molar-refractivity contribution is 7.92. The summed E-state index contributed by atoms with van der Waals surface area (Å²) in [5.74, 6) is 0.687. The fourth-order valence-electron chi connectivity index (χ4n) is 4.48. The molecule has 1 atom stereocenters. The van der Waals surface area contributed by atoms with Gasteiger partial charge in [-0.2, -0.15) is 0 Å². The van der Waals surface area contributed by atoms with Gasteiger partial charge in [0.2, 0.25) is 28.6 Å². The molecule has 1 heterocycles. The second-order valence-corrected chi connectivity index (χ2v) is 11.5. The molecule has 10 heteroatoms. The van der Waals surface area contributed by atoms with Crippen LogP contribution in [-0.4, -0.2) is 57.3 Å². The Labute approximate surface area is 226 Å². The summed E-state index contributed by atoms with van der Waals surface area (Å²) in [5, 5.41) is 2.96. The monoisotopic (exact) mass is 545 g/mol. The summed E-state index contributed by atoms with van der Waals surface area (Å²) >= 11 is 0. The van der Waals surface area contributed by atoms with Crippen molar-refractivity contribution in [3.05, 3.63) is 53.6 Å². The zero-order chi connectivity index (χ0) is 27.7. The Morgan fingerprint density at radius 1 is 1.05 bits per heavy atom. The lowest BCUT2D eigenvalue weighted by Crippen LogP contribution is -2.49. The number of nitrogens with one attached hydrogen (secondary N) is 1. The summed E-state index contributed by atoms with van der Waals surface area (Å²) in [6.45, 7) is 7.01. The number of carbonyl (C=O) groups excluding carboxylic acids is 2. The van der Waals surface area contributed by atoms with E-state index in [1.54, 1.807) is 23.1 Å². The van der Waals surface area contributed by atoms with Gasteiger partial charge in [0.25, 0.3) is 0 Å². The van der Waals surface area contributed by atoms with Gasteiger partial charge < -0.3 is 19.7 Å². The molecule has 1 aliphatic rings. The molecule has 0 radical (unpaired) electrons. The first-order chi connectivity index (χ1) is 18.1. The number of nitrogens with zero attached hydrogens (tertiary/aromatic N) is 2. The minimum absolute atomic E-state index is 0.0908. The molecule has 0 spiro atoms. The number of ether oxygens (including phenoxy) is 2. The van der Waals surface area contributed by atoms with E-state index in [9.17, 15) is 18.0 Å². The predicted molar refractivity (Wildman–Crippen MR) is 148 cm³/mol. The SMILES string of the molecule is CCCCNC(=O)[C@H](CC)N(Cc1cccc(C)c1)C(=O)CCCN(c1ccc2c(c1)OCO2)S(C)(=O)=O. The van der Waals surface area contributed by atoms with Crippen LogP contribution in [0, 0.1) is 6.92 Å². The first-order valence-corrected chi connectivity index (χ1v) is 15.0.